The fraction of sp³-hybridized carbons (Fsp3) is 0.261. The monoisotopic (exact) mass is 389 g/mol. The van der Waals surface area contributed by atoms with E-state index in [1.165, 1.54) is 7.05 Å². The zero-order chi connectivity index (χ0) is 21.1. The molecule has 6 nitrogen and oxygen atoms in total. The number of aromatic nitrogens is 1. The van der Waals surface area contributed by atoms with Crippen LogP contribution >= 0.6 is 0 Å². The van der Waals surface area contributed by atoms with E-state index in [0.29, 0.717) is 28.7 Å². The third-order valence-corrected chi connectivity index (χ3v) is 4.81. The second-order valence-corrected chi connectivity index (χ2v) is 7.43. The lowest BCUT2D eigenvalue weighted by molar-refractivity contribution is 0.203. The maximum Gasteiger partial charge on any atom is 0.412 e. The van der Waals surface area contributed by atoms with Crippen molar-refractivity contribution in [1.82, 2.24) is 4.57 Å². The Hall–Kier alpha value is -3.59. The molecular weight excluding hydrogens is 366 g/mol. The molecule has 0 fully saturated rings. The van der Waals surface area contributed by atoms with Crippen molar-refractivity contribution in [2.75, 3.05) is 11.9 Å². The van der Waals surface area contributed by atoms with Crippen LogP contribution in [-0.4, -0.2) is 22.8 Å². The first kappa shape index (κ1) is 20.2. The first-order chi connectivity index (χ1) is 13.8. The molecule has 1 amide bonds. The zero-order valence-electron chi connectivity index (χ0n) is 16.7. The van der Waals surface area contributed by atoms with E-state index >= 15 is 0 Å². The van der Waals surface area contributed by atoms with Gasteiger partial charge in [0.2, 0.25) is 0 Å². The number of hydrogen-bond donors (Lipinski definition) is 1. The molecule has 1 N–H and O–H groups in total. The van der Waals surface area contributed by atoms with Crippen LogP contribution in [0.15, 0.2) is 53.3 Å². The smallest absolute Gasteiger partial charge is 0.412 e. The number of hydrogen-bond acceptors (Lipinski definition) is 3. The highest BCUT2D eigenvalue weighted by Crippen LogP contribution is 2.36. The van der Waals surface area contributed by atoms with E-state index in [1.54, 1.807) is 16.7 Å². The predicted octanol–water partition coefficient (Wildman–Crippen LogP) is 4.50. The molecule has 0 spiro atoms. The van der Waals surface area contributed by atoms with Gasteiger partial charge in [0.15, 0.2) is 0 Å². The average molecular weight is 389 g/mol. The highest BCUT2D eigenvalue weighted by Gasteiger charge is 2.24. The number of carbonyl (C=O) groups is 1. The van der Waals surface area contributed by atoms with Gasteiger partial charge in [-0.25, -0.2) is 4.79 Å². The summed E-state index contributed by atoms with van der Waals surface area (Å²) in [5, 5.41) is 20.0. The molecule has 0 saturated carbocycles. The number of nitrogens with zero attached hydrogens (tertiary/aromatic N) is 3. The molecular formula is C23H23N3O3. The third-order valence-electron chi connectivity index (χ3n) is 4.81. The summed E-state index contributed by atoms with van der Waals surface area (Å²) in [6, 6.07) is 16.9. The molecule has 6 heteroatoms. The van der Waals surface area contributed by atoms with Gasteiger partial charge in [-0.05, 0) is 34.6 Å². The van der Waals surface area contributed by atoms with Crippen LogP contribution in [0, 0.1) is 17.2 Å². The molecule has 2 aromatic carbocycles. The summed E-state index contributed by atoms with van der Waals surface area (Å²) in [4.78, 5) is 26.3. The minimum Gasteiger partial charge on any atom is -0.465 e. The second-order valence-electron chi connectivity index (χ2n) is 7.43. The summed E-state index contributed by atoms with van der Waals surface area (Å²) in [6.07, 6.45) is -0.935. The SMILES string of the molecule is CC(C)Cn1c(N(C)C(=O)O)c(-c2ccccc2)c2cc(CC#N)ccc2c1=O. The average Bonchev–Trinajstić information content (AvgIpc) is 2.69. The maximum absolute atomic E-state index is 13.3. The highest BCUT2D eigenvalue weighted by molar-refractivity contribution is 6.04. The molecule has 0 aliphatic rings. The molecule has 0 aliphatic heterocycles. The summed E-state index contributed by atoms with van der Waals surface area (Å²) >= 11 is 0. The molecule has 29 heavy (non-hydrogen) atoms. The van der Waals surface area contributed by atoms with Crippen LogP contribution in [0.4, 0.5) is 10.6 Å². The van der Waals surface area contributed by atoms with E-state index in [-0.39, 0.29) is 17.9 Å². The predicted molar refractivity (Wildman–Crippen MR) is 114 cm³/mol. The quantitative estimate of drug-likeness (QED) is 0.696. The number of fused-ring (bicyclic) bond motifs is 1. The summed E-state index contributed by atoms with van der Waals surface area (Å²) in [7, 11) is 1.45. The normalized spacial score (nSPS) is 10.9. The Morgan fingerprint density at radius 1 is 1.17 bits per heavy atom. The van der Waals surface area contributed by atoms with Crippen molar-refractivity contribution in [1.29, 1.82) is 5.26 Å². The van der Waals surface area contributed by atoms with Gasteiger partial charge in [0.1, 0.15) is 5.82 Å². The number of amides is 1. The van der Waals surface area contributed by atoms with Crippen LogP contribution in [0.25, 0.3) is 21.9 Å². The van der Waals surface area contributed by atoms with Gasteiger partial charge in [0.25, 0.3) is 5.56 Å². The second kappa shape index (κ2) is 8.19. The lowest BCUT2D eigenvalue weighted by Gasteiger charge is -2.26. The zero-order valence-corrected chi connectivity index (χ0v) is 16.7. The molecule has 0 radical (unpaired) electrons. The van der Waals surface area contributed by atoms with Crippen LogP contribution in [0.1, 0.15) is 19.4 Å². The topological polar surface area (TPSA) is 86.3 Å². The number of anilines is 1. The Balaban J connectivity index is 2.54. The number of pyridine rings is 1. The van der Waals surface area contributed by atoms with E-state index in [1.807, 2.05) is 50.2 Å². The molecule has 1 heterocycles. The van der Waals surface area contributed by atoms with Crippen molar-refractivity contribution in [3.05, 3.63) is 64.4 Å². The Bertz CT molecular complexity index is 1160. The molecule has 0 aliphatic carbocycles. The van der Waals surface area contributed by atoms with Gasteiger partial charge in [0.05, 0.1) is 12.5 Å². The Kier molecular flexibility index (Phi) is 5.69. The molecule has 0 bridgehead atoms. The summed E-state index contributed by atoms with van der Waals surface area (Å²) < 4.78 is 1.55. The third kappa shape index (κ3) is 3.85. The fourth-order valence-corrected chi connectivity index (χ4v) is 3.55. The van der Waals surface area contributed by atoms with Crippen molar-refractivity contribution in [3.8, 4) is 17.2 Å². The van der Waals surface area contributed by atoms with E-state index in [4.69, 9.17) is 5.26 Å². The van der Waals surface area contributed by atoms with Crippen molar-refractivity contribution in [2.45, 2.75) is 26.8 Å². The van der Waals surface area contributed by atoms with E-state index < -0.39 is 6.09 Å². The van der Waals surface area contributed by atoms with E-state index in [0.717, 1.165) is 16.0 Å². The van der Waals surface area contributed by atoms with Gasteiger partial charge in [-0.2, -0.15) is 5.26 Å². The lowest BCUT2D eigenvalue weighted by atomic mass is 9.96. The number of benzene rings is 2. The number of nitriles is 1. The van der Waals surface area contributed by atoms with E-state index in [9.17, 15) is 14.7 Å². The Morgan fingerprint density at radius 2 is 1.86 bits per heavy atom. The van der Waals surface area contributed by atoms with Gasteiger partial charge >= 0.3 is 6.09 Å². The van der Waals surface area contributed by atoms with E-state index in [2.05, 4.69) is 6.07 Å². The van der Waals surface area contributed by atoms with Gasteiger partial charge in [-0.3, -0.25) is 14.3 Å². The van der Waals surface area contributed by atoms with Crippen LogP contribution in [-0.2, 0) is 13.0 Å². The van der Waals surface area contributed by atoms with Gasteiger partial charge in [-0.1, -0.05) is 50.2 Å². The minimum atomic E-state index is -1.15. The molecule has 3 rings (SSSR count). The van der Waals surface area contributed by atoms with Gasteiger partial charge < -0.3 is 5.11 Å². The first-order valence-electron chi connectivity index (χ1n) is 9.43. The highest BCUT2D eigenvalue weighted by atomic mass is 16.4. The van der Waals surface area contributed by atoms with Crippen LogP contribution in [0.3, 0.4) is 0 Å². The molecule has 3 aromatic rings. The Morgan fingerprint density at radius 3 is 2.45 bits per heavy atom. The van der Waals surface area contributed by atoms with Crippen molar-refractivity contribution in [2.24, 2.45) is 5.92 Å². The minimum absolute atomic E-state index is 0.146. The molecule has 1 aromatic heterocycles. The standard InChI is InChI=1S/C23H23N3O3/c1-15(2)14-26-21(25(3)23(28)29)20(17-7-5-4-6-8-17)19-13-16(11-12-24)9-10-18(19)22(26)27/h4-10,13,15H,11,14H2,1-3H3,(H,28,29). The molecule has 0 atom stereocenters. The first-order valence-corrected chi connectivity index (χ1v) is 9.43. The van der Waals surface area contributed by atoms with Gasteiger partial charge in [0, 0.05) is 24.5 Å². The van der Waals surface area contributed by atoms with Crippen molar-refractivity contribution >= 4 is 22.7 Å². The number of carboxylic acid groups (broad SMARTS) is 1. The van der Waals surface area contributed by atoms with Crippen LogP contribution in [0.2, 0.25) is 0 Å². The molecule has 148 valence electrons. The van der Waals surface area contributed by atoms with Gasteiger partial charge in [-0.15, -0.1) is 0 Å². The Labute approximate surface area is 169 Å². The van der Waals surface area contributed by atoms with Crippen molar-refractivity contribution in [3.63, 3.8) is 0 Å². The maximum atomic E-state index is 13.3. The van der Waals surface area contributed by atoms with Crippen LogP contribution < -0.4 is 10.5 Å². The fourth-order valence-electron chi connectivity index (χ4n) is 3.55. The largest absolute Gasteiger partial charge is 0.465 e. The lowest BCUT2D eigenvalue weighted by Crippen LogP contribution is -2.34. The summed E-state index contributed by atoms with van der Waals surface area (Å²) in [6.45, 7) is 4.36. The summed E-state index contributed by atoms with van der Waals surface area (Å²) in [5.41, 5.74) is 2.03. The van der Waals surface area contributed by atoms with Crippen molar-refractivity contribution < 1.29 is 9.90 Å². The van der Waals surface area contributed by atoms with Crippen LogP contribution in [0.5, 0.6) is 0 Å². The number of rotatable bonds is 5. The molecule has 0 unspecified atom stereocenters. The summed E-state index contributed by atoms with van der Waals surface area (Å²) in [5.74, 6) is 0.483. The molecule has 0 saturated heterocycles.